The number of aromatic nitrogens is 1. The van der Waals surface area contributed by atoms with Crippen molar-refractivity contribution in [2.75, 3.05) is 13.2 Å². The molecule has 2 rings (SSSR count). The number of nitrogens with zero attached hydrogens (tertiary/aromatic N) is 1. The standard InChI is InChI=1S/C12H16BrNO3/c1-12(2)8-16-7-9(17-12)6-14-10(13)4-3-5-11(14)15/h3-5,9H,6-8H2,1-2H3. The number of pyridine rings is 1. The minimum Gasteiger partial charge on any atom is -0.376 e. The molecule has 1 unspecified atom stereocenters. The molecule has 5 heteroatoms. The highest BCUT2D eigenvalue weighted by Gasteiger charge is 2.29. The molecule has 0 aromatic carbocycles. The van der Waals surface area contributed by atoms with E-state index in [1.165, 1.54) is 0 Å². The first-order chi connectivity index (χ1) is 7.98. The molecule has 1 atom stereocenters. The van der Waals surface area contributed by atoms with Gasteiger partial charge >= 0.3 is 0 Å². The van der Waals surface area contributed by atoms with Gasteiger partial charge in [-0.15, -0.1) is 0 Å². The molecule has 1 fully saturated rings. The van der Waals surface area contributed by atoms with Crippen LogP contribution in [0.4, 0.5) is 0 Å². The van der Waals surface area contributed by atoms with Gasteiger partial charge in [0.25, 0.3) is 5.56 Å². The maximum atomic E-state index is 11.7. The molecule has 4 nitrogen and oxygen atoms in total. The highest BCUT2D eigenvalue weighted by atomic mass is 79.9. The van der Waals surface area contributed by atoms with Gasteiger partial charge in [0.05, 0.1) is 36.1 Å². The Morgan fingerprint density at radius 3 is 2.94 bits per heavy atom. The van der Waals surface area contributed by atoms with Crippen molar-refractivity contribution in [3.63, 3.8) is 0 Å². The van der Waals surface area contributed by atoms with Crippen molar-refractivity contribution in [3.05, 3.63) is 33.2 Å². The largest absolute Gasteiger partial charge is 0.376 e. The van der Waals surface area contributed by atoms with E-state index >= 15 is 0 Å². The molecule has 0 N–H and O–H groups in total. The highest BCUT2D eigenvalue weighted by Crippen LogP contribution is 2.20. The first-order valence-corrected chi connectivity index (χ1v) is 6.38. The van der Waals surface area contributed by atoms with Crippen LogP contribution in [0.5, 0.6) is 0 Å². The third-order valence-corrected chi connectivity index (χ3v) is 3.31. The summed E-state index contributed by atoms with van der Waals surface area (Å²) in [4.78, 5) is 11.7. The summed E-state index contributed by atoms with van der Waals surface area (Å²) >= 11 is 3.37. The Morgan fingerprint density at radius 1 is 1.53 bits per heavy atom. The lowest BCUT2D eigenvalue weighted by Gasteiger charge is -2.36. The van der Waals surface area contributed by atoms with E-state index in [0.29, 0.717) is 19.8 Å². The Balaban J connectivity index is 2.13. The van der Waals surface area contributed by atoms with Gasteiger partial charge in [0.2, 0.25) is 0 Å². The quantitative estimate of drug-likeness (QED) is 0.782. The number of ether oxygens (including phenoxy) is 2. The predicted molar refractivity (Wildman–Crippen MR) is 68.2 cm³/mol. The number of rotatable bonds is 2. The lowest BCUT2D eigenvalue weighted by molar-refractivity contribution is -0.185. The molecular weight excluding hydrogens is 286 g/mol. The van der Waals surface area contributed by atoms with E-state index in [9.17, 15) is 4.79 Å². The monoisotopic (exact) mass is 301 g/mol. The van der Waals surface area contributed by atoms with Crippen molar-refractivity contribution >= 4 is 15.9 Å². The zero-order valence-corrected chi connectivity index (χ0v) is 11.6. The second-order valence-electron chi connectivity index (χ2n) is 4.81. The Hall–Kier alpha value is -0.650. The molecule has 0 aliphatic carbocycles. The highest BCUT2D eigenvalue weighted by molar-refractivity contribution is 9.10. The second-order valence-corrected chi connectivity index (χ2v) is 5.62. The molecule has 17 heavy (non-hydrogen) atoms. The van der Waals surface area contributed by atoms with Gasteiger partial charge in [0.15, 0.2) is 0 Å². The predicted octanol–water partition coefficient (Wildman–Crippen LogP) is 1.80. The molecule has 1 aliphatic rings. The maximum Gasteiger partial charge on any atom is 0.251 e. The van der Waals surface area contributed by atoms with Crippen LogP contribution in [-0.4, -0.2) is 29.5 Å². The van der Waals surface area contributed by atoms with Gasteiger partial charge in [-0.05, 0) is 35.8 Å². The molecular formula is C12H16BrNO3. The summed E-state index contributed by atoms with van der Waals surface area (Å²) in [7, 11) is 0. The second kappa shape index (κ2) is 4.92. The molecule has 2 heterocycles. The Labute approximate surface area is 109 Å². The molecule has 0 saturated carbocycles. The lowest BCUT2D eigenvalue weighted by atomic mass is 10.1. The van der Waals surface area contributed by atoms with Crippen LogP contribution in [-0.2, 0) is 16.0 Å². The van der Waals surface area contributed by atoms with Crippen LogP contribution in [0, 0.1) is 0 Å². The van der Waals surface area contributed by atoms with Crippen LogP contribution < -0.4 is 5.56 Å². The van der Waals surface area contributed by atoms with E-state index in [2.05, 4.69) is 15.9 Å². The smallest absolute Gasteiger partial charge is 0.251 e. The molecule has 0 amide bonds. The van der Waals surface area contributed by atoms with Gasteiger partial charge < -0.3 is 14.0 Å². The van der Waals surface area contributed by atoms with Crippen molar-refractivity contribution in [1.82, 2.24) is 4.57 Å². The van der Waals surface area contributed by atoms with Crippen LogP contribution in [0.25, 0.3) is 0 Å². The van der Waals surface area contributed by atoms with Gasteiger partial charge in [0.1, 0.15) is 0 Å². The van der Waals surface area contributed by atoms with Crippen LogP contribution in [0.2, 0.25) is 0 Å². The first-order valence-electron chi connectivity index (χ1n) is 5.59. The van der Waals surface area contributed by atoms with Crippen LogP contribution in [0.3, 0.4) is 0 Å². The average Bonchev–Trinajstić information content (AvgIpc) is 2.22. The zero-order valence-electron chi connectivity index (χ0n) is 9.98. The van der Waals surface area contributed by atoms with Gasteiger partial charge in [-0.2, -0.15) is 0 Å². The molecule has 94 valence electrons. The number of halogens is 1. The van der Waals surface area contributed by atoms with Crippen LogP contribution in [0.1, 0.15) is 13.8 Å². The van der Waals surface area contributed by atoms with Crippen molar-refractivity contribution in [2.45, 2.75) is 32.1 Å². The van der Waals surface area contributed by atoms with E-state index in [-0.39, 0.29) is 17.3 Å². The summed E-state index contributed by atoms with van der Waals surface area (Å²) in [6.07, 6.45) is -0.0878. The lowest BCUT2D eigenvalue weighted by Crippen LogP contribution is -2.45. The van der Waals surface area contributed by atoms with Crippen molar-refractivity contribution in [1.29, 1.82) is 0 Å². The minimum atomic E-state index is -0.284. The summed E-state index contributed by atoms with van der Waals surface area (Å²) in [6.45, 7) is 5.60. The van der Waals surface area contributed by atoms with E-state index in [0.717, 1.165) is 4.60 Å². The van der Waals surface area contributed by atoms with Gasteiger partial charge in [-0.3, -0.25) is 4.79 Å². The van der Waals surface area contributed by atoms with Crippen LogP contribution >= 0.6 is 15.9 Å². The summed E-state index contributed by atoms with van der Waals surface area (Å²) in [6, 6.07) is 5.11. The molecule has 0 spiro atoms. The molecule has 1 aromatic heterocycles. The normalized spacial score (nSPS) is 23.6. The maximum absolute atomic E-state index is 11.7. The fourth-order valence-electron chi connectivity index (χ4n) is 1.92. The van der Waals surface area contributed by atoms with Gasteiger partial charge in [0, 0.05) is 6.07 Å². The molecule has 1 aliphatic heterocycles. The average molecular weight is 302 g/mol. The minimum absolute atomic E-state index is 0.0358. The summed E-state index contributed by atoms with van der Waals surface area (Å²) in [5.41, 5.74) is -0.320. The topological polar surface area (TPSA) is 40.5 Å². The van der Waals surface area contributed by atoms with E-state index in [4.69, 9.17) is 9.47 Å². The SMILES string of the molecule is CC1(C)COCC(Cn2c(Br)cccc2=O)O1. The third-order valence-electron chi connectivity index (χ3n) is 2.62. The van der Waals surface area contributed by atoms with E-state index in [1.54, 1.807) is 16.7 Å². The van der Waals surface area contributed by atoms with Crippen molar-refractivity contribution < 1.29 is 9.47 Å². The number of hydrogen-bond donors (Lipinski definition) is 0. The summed E-state index contributed by atoms with van der Waals surface area (Å²) in [5, 5.41) is 0. The number of hydrogen-bond acceptors (Lipinski definition) is 3. The Kier molecular flexibility index (Phi) is 3.70. The molecule has 0 bridgehead atoms. The zero-order chi connectivity index (χ0) is 12.5. The van der Waals surface area contributed by atoms with Crippen molar-refractivity contribution in [3.8, 4) is 0 Å². The fraction of sp³-hybridized carbons (Fsp3) is 0.583. The van der Waals surface area contributed by atoms with Gasteiger partial charge in [-0.25, -0.2) is 0 Å². The third kappa shape index (κ3) is 3.18. The molecule has 0 radical (unpaired) electrons. The van der Waals surface area contributed by atoms with E-state index < -0.39 is 0 Å². The summed E-state index contributed by atoms with van der Waals surface area (Å²) in [5.74, 6) is 0. The van der Waals surface area contributed by atoms with E-state index in [1.807, 2.05) is 19.9 Å². The molecule has 1 aromatic rings. The van der Waals surface area contributed by atoms with Gasteiger partial charge in [-0.1, -0.05) is 6.07 Å². The Bertz CT molecular complexity index is 455. The first kappa shape index (κ1) is 12.8. The molecule has 1 saturated heterocycles. The Morgan fingerprint density at radius 2 is 2.29 bits per heavy atom. The van der Waals surface area contributed by atoms with Crippen molar-refractivity contribution in [2.24, 2.45) is 0 Å². The summed E-state index contributed by atoms with van der Waals surface area (Å²) < 4.78 is 13.8. The van der Waals surface area contributed by atoms with Crippen LogP contribution in [0.15, 0.2) is 27.6 Å². The fourth-order valence-corrected chi connectivity index (χ4v) is 2.39.